The van der Waals surface area contributed by atoms with Gasteiger partial charge in [0.25, 0.3) is 5.88 Å². The van der Waals surface area contributed by atoms with Gasteiger partial charge >= 0.3 is 6.09 Å². The van der Waals surface area contributed by atoms with Gasteiger partial charge in [-0.1, -0.05) is 23.9 Å². The van der Waals surface area contributed by atoms with Crippen molar-refractivity contribution in [1.82, 2.24) is 20.4 Å². The Morgan fingerprint density at radius 2 is 2.03 bits per heavy atom. The summed E-state index contributed by atoms with van der Waals surface area (Å²) in [6.45, 7) is 6.44. The minimum Gasteiger partial charge on any atom is -0.444 e. The highest BCUT2D eigenvalue weighted by atomic mass is 32.2. The number of carbonyl (C=O) groups excluding carboxylic acids is 1. The van der Waals surface area contributed by atoms with Crippen LogP contribution in [0.15, 0.2) is 29.4 Å². The second-order valence-corrected chi connectivity index (χ2v) is 8.51. The number of amides is 1. The third-order valence-corrected chi connectivity index (χ3v) is 4.98. The van der Waals surface area contributed by atoms with E-state index in [-0.39, 0.29) is 6.09 Å². The number of nitrogens with one attached hydrogen (secondary N) is 2. The summed E-state index contributed by atoms with van der Waals surface area (Å²) in [6.07, 6.45) is 2.18. The van der Waals surface area contributed by atoms with E-state index in [2.05, 4.69) is 20.9 Å². The summed E-state index contributed by atoms with van der Waals surface area (Å²) in [5.74, 6) is 0.415. The van der Waals surface area contributed by atoms with E-state index in [9.17, 15) is 4.79 Å². The van der Waals surface area contributed by atoms with Gasteiger partial charge in [0, 0.05) is 13.0 Å². The number of rotatable bonds is 3. The molecule has 1 aromatic carbocycles. The molecule has 2 aliphatic rings. The largest absolute Gasteiger partial charge is 0.444 e. The minimum atomic E-state index is -0.551. The molecule has 0 atom stereocenters. The molecule has 0 spiro atoms. The molecular formula is C19H24N6O3S. The van der Waals surface area contributed by atoms with Gasteiger partial charge in [-0.05, 0) is 39.2 Å². The van der Waals surface area contributed by atoms with E-state index in [4.69, 9.17) is 9.57 Å². The molecule has 1 aromatic heterocycles. The maximum Gasteiger partial charge on any atom is 0.410 e. The summed E-state index contributed by atoms with van der Waals surface area (Å²) in [6, 6.07) is 7.74. The number of benzene rings is 1. The zero-order valence-corrected chi connectivity index (χ0v) is 17.7. The lowest BCUT2D eigenvalue weighted by molar-refractivity contribution is 0.0219. The fourth-order valence-corrected chi connectivity index (χ4v) is 3.47. The average Bonchev–Trinajstić information content (AvgIpc) is 3.09. The average molecular weight is 417 g/mol. The molecule has 2 N–H and O–H groups in total. The molecule has 0 unspecified atom stereocenters. The Kier molecular flexibility index (Phi) is 5.13. The highest BCUT2D eigenvalue weighted by Gasteiger charge is 2.31. The van der Waals surface area contributed by atoms with Crippen LogP contribution in [0.4, 0.5) is 16.2 Å². The van der Waals surface area contributed by atoms with Crippen LogP contribution in [0.5, 0.6) is 5.88 Å². The number of hydrogen-bond acceptors (Lipinski definition) is 9. The minimum absolute atomic E-state index is 0.331. The van der Waals surface area contributed by atoms with E-state index in [1.165, 1.54) is 16.9 Å². The number of ether oxygens (including phenoxy) is 1. The third-order valence-electron chi connectivity index (χ3n) is 4.43. The second-order valence-electron chi connectivity index (χ2n) is 7.73. The Hall–Kier alpha value is -2.72. The van der Waals surface area contributed by atoms with Crippen molar-refractivity contribution in [3.63, 3.8) is 0 Å². The molecular weight excluding hydrogens is 392 g/mol. The quantitative estimate of drug-likeness (QED) is 0.578. The number of anilines is 2. The van der Waals surface area contributed by atoms with Crippen molar-refractivity contribution in [3.05, 3.63) is 35.5 Å². The molecule has 154 valence electrons. The maximum absolute atomic E-state index is 12.6. The molecule has 0 radical (unpaired) electrons. The van der Waals surface area contributed by atoms with Gasteiger partial charge < -0.3 is 14.5 Å². The maximum atomic E-state index is 12.6. The van der Waals surface area contributed by atoms with Crippen LogP contribution in [0.2, 0.25) is 0 Å². The monoisotopic (exact) mass is 416 g/mol. The van der Waals surface area contributed by atoms with E-state index in [1.807, 2.05) is 51.3 Å². The van der Waals surface area contributed by atoms with E-state index in [0.717, 1.165) is 22.6 Å². The van der Waals surface area contributed by atoms with Crippen LogP contribution in [-0.2, 0) is 17.7 Å². The third kappa shape index (κ3) is 4.18. The first kappa shape index (κ1) is 19.6. The van der Waals surface area contributed by atoms with Crippen LogP contribution in [0, 0.1) is 0 Å². The number of hydrogen-bond donors (Lipinski definition) is 2. The van der Waals surface area contributed by atoms with E-state index in [0.29, 0.717) is 30.5 Å². The number of thioether (sulfide) groups is 1. The van der Waals surface area contributed by atoms with Gasteiger partial charge in [-0.2, -0.15) is 4.98 Å². The van der Waals surface area contributed by atoms with Crippen molar-refractivity contribution in [2.45, 2.75) is 44.5 Å². The van der Waals surface area contributed by atoms with Crippen molar-refractivity contribution >= 4 is 29.2 Å². The molecule has 10 heteroatoms. The van der Waals surface area contributed by atoms with Crippen molar-refractivity contribution in [1.29, 1.82) is 0 Å². The highest BCUT2D eigenvalue weighted by Crippen LogP contribution is 2.33. The van der Waals surface area contributed by atoms with Crippen LogP contribution in [0.1, 0.15) is 32.0 Å². The zero-order chi connectivity index (χ0) is 20.6. The number of fused-ring (bicyclic) bond motifs is 2. The van der Waals surface area contributed by atoms with Crippen molar-refractivity contribution in [2.24, 2.45) is 0 Å². The number of nitrogens with zero attached hydrogens (tertiary/aromatic N) is 4. The van der Waals surface area contributed by atoms with Gasteiger partial charge in [0.1, 0.15) is 11.3 Å². The number of aromatic nitrogens is 2. The molecule has 2 aliphatic heterocycles. The molecule has 2 aromatic rings. The SMILES string of the molecule is CSc1nc2c(c(ON3NNc4ccccc43)n1)CN(C(=O)OC(C)(C)C)CC2. The lowest BCUT2D eigenvalue weighted by atomic mass is 10.1. The van der Waals surface area contributed by atoms with Gasteiger partial charge in [0.15, 0.2) is 5.16 Å². The lowest BCUT2D eigenvalue weighted by Gasteiger charge is -2.31. The predicted octanol–water partition coefficient (Wildman–Crippen LogP) is 3.14. The molecule has 1 amide bonds. The summed E-state index contributed by atoms with van der Waals surface area (Å²) in [7, 11) is 0. The molecule has 0 aliphatic carbocycles. The summed E-state index contributed by atoms with van der Waals surface area (Å²) < 4.78 is 5.53. The zero-order valence-electron chi connectivity index (χ0n) is 16.9. The Bertz CT molecular complexity index is 933. The molecule has 4 rings (SSSR count). The smallest absolute Gasteiger partial charge is 0.410 e. The van der Waals surface area contributed by atoms with Crippen LogP contribution >= 0.6 is 11.8 Å². The summed E-state index contributed by atoms with van der Waals surface area (Å²) in [4.78, 5) is 29.5. The van der Waals surface area contributed by atoms with Crippen LogP contribution in [0.3, 0.4) is 0 Å². The molecule has 0 saturated heterocycles. The number of para-hydroxylation sites is 2. The Labute approximate surface area is 173 Å². The first-order valence-electron chi connectivity index (χ1n) is 9.34. The van der Waals surface area contributed by atoms with Gasteiger partial charge in [-0.3, -0.25) is 5.43 Å². The summed E-state index contributed by atoms with van der Waals surface area (Å²) >= 11 is 1.45. The normalized spacial score (nSPS) is 15.4. The molecule has 3 heterocycles. The topological polar surface area (TPSA) is 91.9 Å². The van der Waals surface area contributed by atoms with Gasteiger partial charge in [0.05, 0.1) is 23.5 Å². The number of carbonyl (C=O) groups is 1. The van der Waals surface area contributed by atoms with Crippen molar-refractivity contribution < 1.29 is 14.4 Å². The molecule has 29 heavy (non-hydrogen) atoms. The first-order chi connectivity index (χ1) is 13.8. The van der Waals surface area contributed by atoms with E-state index in [1.54, 1.807) is 4.90 Å². The van der Waals surface area contributed by atoms with Gasteiger partial charge in [-0.15, -0.1) is 10.7 Å². The summed E-state index contributed by atoms with van der Waals surface area (Å²) in [5, 5.41) is 2.15. The van der Waals surface area contributed by atoms with Crippen LogP contribution in [0.25, 0.3) is 0 Å². The van der Waals surface area contributed by atoms with Crippen LogP contribution in [-0.4, -0.2) is 39.4 Å². The summed E-state index contributed by atoms with van der Waals surface area (Å²) in [5.41, 5.74) is 8.88. The first-order valence-corrected chi connectivity index (χ1v) is 10.6. The predicted molar refractivity (Wildman–Crippen MR) is 110 cm³/mol. The fraction of sp³-hybridized carbons (Fsp3) is 0.421. The van der Waals surface area contributed by atoms with E-state index < -0.39 is 5.60 Å². The molecule has 0 fully saturated rings. The number of hydrazine groups is 2. The molecule has 0 bridgehead atoms. The van der Waals surface area contributed by atoms with E-state index >= 15 is 0 Å². The highest BCUT2D eigenvalue weighted by molar-refractivity contribution is 7.98. The fourth-order valence-electron chi connectivity index (χ4n) is 3.10. The Morgan fingerprint density at radius 1 is 1.24 bits per heavy atom. The Balaban J connectivity index is 1.61. The van der Waals surface area contributed by atoms with Gasteiger partial charge in [0.2, 0.25) is 0 Å². The molecule has 0 saturated carbocycles. The lowest BCUT2D eigenvalue weighted by Crippen LogP contribution is -2.42. The molecule has 9 nitrogen and oxygen atoms in total. The van der Waals surface area contributed by atoms with Crippen molar-refractivity contribution in [2.75, 3.05) is 23.4 Å². The van der Waals surface area contributed by atoms with Gasteiger partial charge in [-0.25, -0.2) is 9.78 Å². The van der Waals surface area contributed by atoms with Crippen molar-refractivity contribution in [3.8, 4) is 5.88 Å². The standard InChI is InChI=1S/C19H24N6O3S/c1-19(2,3)27-18(26)24-10-9-13-12(11-24)16(21-17(20-13)29-4)28-25-15-8-6-5-7-14(15)22-23-25/h5-8,22-23H,9-11H2,1-4H3. The Morgan fingerprint density at radius 3 is 2.79 bits per heavy atom. The second kappa shape index (κ2) is 7.60. The van der Waals surface area contributed by atoms with Crippen LogP contribution < -0.4 is 21.0 Å².